The van der Waals surface area contributed by atoms with Gasteiger partial charge in [-0.1, -0.05) is 37.6 Å². The van der Waals surface area contributed by atoms with Crippen LogP contribution < -0.4 is 5.73 Å². The van der Waals surface area contributed by atoms with Crippen molar-refractivity contribution in [1.82, 2.24) is 4.90 Å². The van der Waals surface area contributed by atoms with Gasteiger partial charge >= 0.3 is 0 Å². The summed E-state index contributed by atoms with van der Waals surface area (Å²) in [5, 5.41) is 0. The fourth-order valence-electron chi connectivity index (χ4n) is 2.45. The molecule has 2 heteroatoms. The topological polar surface area (TPSA) is 29.3 Å². The van der Waals surface area contributed by atoms with Gasteiger partial charge in [0.2, 0.25) is 0 Å². The molecule has 1 aromatic rings. The normalized spacial score (nSPS) is 13.4. The van der Waals surface area contributed by atoms with Gasteiger partial charge in [-0.2, -0.15) is 0 Å². The molecular formula is C15H26N2. The Morgan fingerprint density at radius 3 is 2.35 bits per heavy atom. The van der Waals surface area contributed by atoms with Crippen LogP contribution in [0.5, 0.6) is 0 Å². The number of likely N-dealkylation sites (N-methyl/N-ethyl adjacent to an activating group) is 1. The van der Waals surface area contributed by atoms with Crippen LogP contribution in [0.1, 0.15) is 36.6 Å². The summed E-state index contributed by atoms with van der Waals surface area (Å²) in [5.41, 5.74) is 9.97. The summed E-state index contributed by atoms with van der Waals surface area (Å²) in [5.74, 6) is 0.666. The Morgan fingerprint density at radius 1 is 1.24 bits per heavy atom. The van der Waals surface area contributed by atoms with Gasteiger partial charge in [0.15, 0.2) is 0 Å². The first-order chi connectivity index (χ1) is 7.95. The van der Waals surface area contributed by atoms with Gasteiger partial charge in [-0.15, -0.1) is 0 Å². The van der Waals surface area contributed by atoms with E-state index in [2.05, 4.69) is 57.8 Å². The molecule has 0 heterocycles. The minimum Gasteiger partial charge on any atom is -0.329 e. The molecule has 0 aromatic heterocycles. The first kappa shape index (κ1) is 14.2. The van der Waals surface area contributed by atoms with E-state index in [1.165, 1.54) is 16.7 Å². The van der Waals surface area contributed by atoms with Crippen molar-refractivity contribution in [2.45, 2.75) is 33.7 Å². The van der Waals surface area contributed by atoms with E-state index in [1.807, 2.05) is 0 Å². The van der Waals surface area contributed by atoms with Gasteiger partial charge in [0.25, 0.3) is 0 Å². The van der Waals surface area contributed by atoms with Crippen molar-refractivity contribution >= 4 is 0 Å². The first-order valence-electron chi connectivity index (χ1n) is 6.43. The highest BCUT2D eigenvalue weighted by Crippen LogP contribution is 2.23. The Bertz CT molecular complexity index is 358. The average molecular weight is 234 g/mol. The zero-order valence-corrected chi connectivity index (χ0v) is 11.8. The van der Waals surface area contributed by atoms with E-state index in [4.69, 9.17) is 5.73 Å². The highest BCUT2D eigenvalue weighted by atomic mass is 15.1. The second-order valence-corrected chi connectivity index (χ2v) is 5.44. The predicted octanol–water partition coefficient (Wildman–Crippen LogP) is 2.89. The predicted molar refractivity (Wildman–Crippen MR) is 75.2 cm³/mol. The molecule has 1 aromatic carbocycles. The van der Waals surface area contributed by atoms with E-state index in [0.717, 1.165) is 6.54 Å². The standard InChI is InChI=1S/C15H26N2/c1-11(2)10-17(5)15(9-16)14-7-6-12(3)8-13(14)4/h6-8,11,15H,9-10,16H2,1-5H3. The molecule has 0 spiro atoms. The van der Waals surface area contributed by atoms with E-state index in [9.17, 15) is 0 Å². The molecule has 0 aliphatic rings. The molecule has 2 N–H and O–H groups in total. The van der Waals surface area contributed by atoms with Gasteiger partial charge in [0.1, 0.15) is 0 Å². The SMILES string of the molecule is Cc1ccc(C(CN)N(C)CC(C)C)c(C)c1. The van der Waals surface area contributed by atoms with Crippen molar-refractivity contribution < 1.29 is 0 Å². The molecular weight excluding hydrogens is 208 g/mol. The van der Waals surface area contributed by atoms with Crippen LogP contribution >= 0.6 is 0 Å². The van der Waals surface area contributed by atoms with Crippen LogP contribution in [-0.4, -0.2) is 25.0 Å². The second-order valence-electron chi connectivity index (χ2n) is 5.44. The number of nitrogens with two attached hydrogens (primary N) is 1. The summed E-state index contributed by atoms with van der Waals surface area (Å²) < 4.78 is 0. The van der Waals surface area contributed by atoms with Gasteiger partial charge in [-0.3, -0.25) is 4.90 Å². The molecule has 0 aliphatic heterocycles. The fourth-order valence-corrected chi connectivity index (χ4v) is 2.45. The zero-order chi connectivity index (χ0) is 13.0. The van der Waals surface area contributed by atoms with Crippen molar-refractivity contribution in [3.05, 3.63) is 34.9 Å². The van der Waals surface area contributed by atoms with Crippen LogP contribution in [0.3, 0.4) is 0 Å². The zero-order valence-electron chi connectivity index (χ0n) is 11.8. The lowest BCUT2D eigenvalue weighted by Crippen LogP contribution is -2.33. The largest absolute Gasteiger partial charge is 0.329 e. The van der Waals surface area contributed by atoms with E-state index in [-0.39, 0.29) is 0 Å². The Labute approximate surface area is 106 Å². The maximum absolute atomic E-state index is 5.95. The van der Waals surface area contributed by atoms with Crippen LogP contribution in [0.15, 0.2) is 18.2 Å². The summed E-state index contributed by atoms with van der Waals surface area (Å²) >= 11 is 0. The summed E-state index contributed by atoms with van der Waals surface area (Å²) in [6.07, 6.45) is 0. The van der Waals surface area contributed by atoms with Crippen molar-refractivity contribution in [2.75, 3.05) is 20.1 Å². The van der Waals surface area contributed by atoms with E-state index in [0.29, 0.717) is 18.5 Å². The molecule has 1 unspecified atom stereocenters. The van der Waals surface area contributed by atoms with Crippen LogP contribution in [0.4, 0.5) is 0 Å². The van der Waals surface area contributed by atoms with Gasteiger partial charge in [0.05, 0.1) is 0 Å². The van der Waals surface area contributed by atoms with Crippen molar-refractivity contribution in [1.29, 1.82) is 0 Å². The lowest BCUT2D eigenvalue weighted by molar-refractivity contribution is 0.223. The van der Waals surface area contributed by atoms with Crippen molar-refractivity contribution in [2.24, 2.45) is 11.7 Å². The maximum atomic E-state index is 5.95. The van der Waals surface area contributed by atoms with Crippen molar-refractivity contribution in [3.63, 3.8) is 0 Å². The second kappa shape index (κ2) is 6.18. The number of aryl methyl sites for hydroxylation is 2. The average Bonchev–Trinajstić information content (AvgIpc) is 2.21. The molecule has 1 atom stereocenters. The lowest BCUT2D eigenvalue weighted by atomic mass is 9.97. The fraction of sp³-hybridized carbons (Fsp3) is 0.600. The number of hydrogen-bond donors (Lipinski definition) is 1. The molecule has 0 radical (unpaired) electrons. The van der Waals surface area contributed by atoms with Gasteiger partial charge in [0, 0.05) is 19.1 Å². The molecule has 0 fully saturated rings. The number of nitrogens with zero attached hydrogens (tertiary/aromatic N) is 1. The molecule has 17 heavy (non-hydrogen) atoms. The molecule has 0 saturated heterocycles. The minimum atomic E-state index is 0.331. The molecule has 2 nitrogen and oxygen atoms in total. The third-order valence-electron chi connectivity index (χ3n) is 3.19. The Balaban J connectivity index is 2.93. The van der Waals surface area contributed by atoms with E-state index in [1.54, 1.807) is 0 Å². The molecule has 0 bridgehead atoms. The Morgan fingerprint density at radius 2 is 1.88 bits per heavy atom. The molecule has 0 saturated carbocycles. The molecule has 1 rings (SSSR count). The molecule has 0 aliphatic carbocycles. The third-order valence-corrected chi connectivity index (χ3v) is 3.19. The quantitative estimate of drug-likeness (QED) is 0.849. The van der Waals surface area contributed by atoms with Crippen LogP contribution in [0.25, 0.3) is 0 Å². The highest BCUT2D eigenvalue weighted by Gasteiger charge is 2.17. The smallest absolute Gasteiger partial charge is 0.0470 e. The number of benzene rings is 1. The molecule has 0 amide bonds. The minimum absolute atomic E-state index is 0.331. The summed E-state index contributed by atoms with van der Waals surface area (Å²) in [4.78, 5) is 2.36. The summed E-state index contributed by atoms with van der Waals surface area (Å²) in [6, 6.07) is 6.96. The third kappa shape index (κ3) is 3.83. The van der Waals surface area contributed by atoms with E-state index < -0.39 is 0 Å². The lowest BCUT2D eigenvalue weighted by Gasteiger charge is -2.30. The Kier molecular flexibility index (Phi) is 5.16. The van der Waals surface area contributed by atoms with Gasteiger partial charge in [-0.05, 0) is 37.9 Å². The van der Waals surface area contributed by atoms with Crippen molar-refractivity contribution in [3.8, 4) is 0 Å². The van der Waals surface area contributed by atoms with Crippen LogP contribution in [-0.2, 0) is 0 Å². The monoisotopic (exact) mass is 234 g/mol. The summed E-state index contributed by atoms with van der Waals surface area (Å²) in [6.45, 7) is 10.5. The summed E-state index contributed by atoms with van der Waals surface area (Å²) in [7, 11) is 2.16. The Hall–Kier alpha value is -0.860. The van der Waals surface area contributed by atoms with E-state index >= 15 is 0 Å². The van der Waals surface area contributed by atoms with Gasteiger partial charge in [-0.25, -0.2) is 0 Å². The number of rotatable bonds is 5. The van der Waals surface area contributed by atoms with Gasteiger partial charge < -0.3 is 5.73 Å². The first-order valence-corrected chi connectivity index (χ1v) is 6.43. The van der Waals surface area contributed by atoms with Crippen LogP contribution in [0, 0.1) is 19.8 Å². The van der Waals surface area contributed by atoms with Crippen LogP contribution in [0.2, 0.25) is 0 Å². The maximum Gasteiger partial charge on any atom is 0.0470 e. The number of hydrogen-bond acceptors (Lipinski definition) is 2. The highest BCUT2D eigenvalue weighted by molar-refractivity contribution is 5.33. The molecule has 96 valence electrons.